The highest BCUT2D eigenvalue weighted by Crippen LogP contribution is 2.30. The Hall–Kier alpha value is -3.67. The lowest BCUT2D eigenvalue weighted by molar-refractivity contribution is -0.135. The molecule has 30 heavy (non-hydrogen) atoms. The Morgan fingerprint density at radius 1 is 1.03 bits per heavy atom. The van der Waals surface area contributed by atoms with Gasteiger partial charge in [0.25, 0.3) is 5.91 Å². The van der Waals surface area contributed by atoms with Gasteiger partial charge in [-0.2, -0.15) is 0 Å². The van der Waals surface area contributed by atoms with Crippen LogP contribution in [0.4, 0.5) is 0 Å². The number of hydrogen-bond donors (Lipinski definition) is 0. The molecule has 152 valence electrons. The van der Waals surface area contributed by atoms with E-state index in [0.29, 0.717) is 30.9 Å². The van der Waals surface area contributed by atoms with Gasteiger partial charge in [-0.1, -0.05) is 36.4 Å². The van der Waals surface area contributed by atoms with Crippen LogP contribution in [0.5, 0.6) is 5.75 Å². The molecule has 0 aliphatic carbocycles. The summed E-state index contributed by atoms with van der Waals surface area (Å²) in [6.45, 7) is 1.66. The fourth-order valence-electron chi connectivity index (χ4n) is 3.60. The third-order valence-corrected chi connectivity index (χ3v) is 5.21. The van der Waals surface area contributed by atoms with Gasteiger partial charge in [-0.3, -0.25) is 14.6 Å². The first-order chi connectivity index (χ1) is 14.7. The van der Waals surface area contributed by atoms with Crippen LogP contribution in [-0.2, 0) is 11.3 Å². The van der Waals surface area contributed by atoms with Crippen molar-refractivity contribution < 1.29 is 14.3 Å². The Labute approximate surface area is 175 Å². The molecule has 1 aliphatic heterocycles. The van der Waals surface area contributed by atoms with Crippen molar-refractivity contribution in [1.29, 1.82) is 0 Å². The van der Waals surface area contributed by atoms with E-state index in [-0.39, 0.29) is 18.4 Å². The molecule has 6 nitrogen and oxygen atoms in total. The van der Waals surface area contributed by atoms with Crippen molar-refractivity contribution >= 4 is 11.8 Å². The van der Waals surface area contributed by atoms with Gasteiger partial charge in [0.15, 0.2) is 0 Å². The molecule has 3 aromatic rings. The minimum atomic E-state index is -0.164. The van der Waals surface area contributed by atoms with Crippen molar-refractivity contribution in [2.45, 2.75) is 6.54 Å². The largest absolute Gasteiger partial charge is 0.496 e. The number of rotatable bonds is 5. The Bertz CT molecular complexity index is 1040. The Balaban J connectivity index is 1.49. The van der Waals surface area contributed by atoms with Gasteiger partial charge in [0.05, 0.1) is 12.8 Å². The number of hydrogen-bond acceptors (Lipinski definition) is 4. The van der Waals surface area contributed by atoms with Crippen LogP contribution in [0.3, 0.4) is 0 Å². The van der Waals surface area contributed by atoms with Crippen molar-refractivity contribution in [3.05, 3.63) is 84.1 Å². The number of amides is 2. The first-order valence-corrected chi connectivity index (χ1v) is 9.86. The van der Waals surface area contributed by atoms with Crippen molar-refractivity contribution in [2.75, 3.05) is 26.7 Å². The molecule has 0 bridgehead atoms. The smallest absolute Gasteiger partial charge is 0.254 e. The van der Waals surface area contributed by atoms with E-state index in [1.54, 1.807) is 41.3 Å². The van der Waals surface area contributed by atoms with Crippen LogP contribution in [0.1, 0.15) is 15.9 Å². The number of aromatic nitrogens is 1. The number of nitrogens with zero attached hydrogens (tertiary/aromatic N) is 3. The number of methoxy groups -OCH3 is 1. The number of benzene rings is 2. The molecule has 2 heterocycles. The Kier molecular flexibility index (Phi) is 5.75. The highest BCUT2D eigenvalue weighted by atomic mass is 16.5. The zero-order valence-corrected chi connectivity index (χ0v) is 16.8. The molecule has 1 aromatic heterocycles. The lowest BCUT2D eigenvalue weighted by atomic mass is 10.0. The van der Waals surface area contributed by atoms with Crippen LogP contribution >= 0.6 is 0 Å². The average Bonchev–Trinajstić information content (AvgIpc) is 2.81. The molecule has 1 fully saturated rings. The Morgan fingerprint density at radius 2 is 1.83 bits per heavy atom. The van der Waals surface area contributed by atoms with E-state index >= 15 is 0 Å². The number of pyridine rings is 1. The third kappa shape index (κ3) is 4.17. The Morgan fingerprint density at radius 3 is 2.53 bits per heavy atom. The highest BCUT2D eigenvalue weighted by Gasteiger charge is 2.28. The molecular weight excluding hydrogens is 378 g/mol. The molecule has 0 saturated carbocycles. The highest BCUT2D eigenvalue weighted by molar-refractivity contribution is 5.98. The van der Waals surface area contributed by atoms with Gasteiger partial charge in [0.2, 0.25) is 5.91 Å². The van der Waals surface area contributed by atoms with Crippen molar-refractivity contribution in [2.24, 2.45) is 0 Å². The van der Waals surface area contributed by atoms with Crippen molar-refractivity contribution in [3.63, 3.8) is 0 Å². The summed E-state index contributed by atoms with van der Waals surface area (Å²) < 4.78 is 5.44. The summed E-state index contributed by atoms with van der Waals surface area (Å²) in [6.07, 6.45) is 1.70. The minimum Gasteiger partial charge on any atom is -0.496 e. The number of carbonyl (C=O) groups is 2. The summed E-state index contributed by atoms with van der Waals surface area (Å²) in [5, 5.41) is 0. The van der Waals surface area contributed by atoms with Crippen LogP contribution in [-0.4, -0.2) is 53.3 Å². The fraction of sp³-hybridized carbons (Fsp3) is 0.208. The summed E-state index contributed by atoms with van der Waals surface area (Å²) >= 11 is 0. The first kappa shape index (κ1) is 19.6. The van der Waals surface area contributed by atoms with Gasteiger partial charge in [-0.05, 0) is 35.9 Å². The minimum absolute atomic E-state index is 0.0445. The van der Waals surface area contributed by atoms with Crippen LogP contribution < -0.4 is 4.74 Å². The second kappa shape index (κ2) is 8.78. The van der Waals surface area contributed by atoms with Crippen molar-refractivity contribution in [3.8, 4) is 17.0 Å². The quantitative estimate of drug-likeness (QED) is 0.659. The van der Waals surface area contributed by atoms with Gasteiger partial charge >= 0.3 is 0 Å². The molecule has 0 spiro atoms. The second-order valence-electron chi connectivity index (χ2n) is 7.16. The summed E-state index contributed by atoms with van der Waals surface area (Å²) in [4.78, 5) is 33.5. The number of piperazine rings is 1. The van der Waals surface area contributed by atoms with E-state index in [0.717, 1.165) is 16.8 Å². The van der Waals surface area contributed by atoms with Crippen LogP contribution in [0.15, 0.2) is 72.9 Å². The van der Waals surface area contributed by atoms with Crippen LogP contribution in [0, 0.1) is 0 Å². The molecule has 2 amide bonds. The maximum Gasteiger partial charge on any atom is 0.254 e. The lowest BCUT2D eigenvalue weighted by Gasteiger charge is -2.34. The van der Waals surface area contributed by atoms with E-state index in [2.05, 4.69) is 4.98 Å². The molecule has 0 unspecified atom stereocenters. The SMILES string of the molecule is COc1ccc(C(=O)N2CCN(Cc3ccccc3)C(=O)C2)cc1-c1ccccn1. The average molecular weight is 401 g/mol. The topological polar surface area (TPSA) is 62.7 Å². The van der Waals surface area contributed by atoms with Crippen LogP contribution in [0.2, 0.25) is 0 Å². The maximum absolute atomic E-state index is 13.1. The second-order valence-corrected chi connectivity index (χ2v) is 7.16. The van der Waals surface area contributed by atoms with Gasteiger partial charge in [-0.15, -0.1) is 0 Å². The van der Waals surface area contributed by atoms with Gasteiger partial charge in [-0.25, -0.2) is 0 Å². The summed E-state index contributed by atoms with van der Waals surface area (Å²) in [6, 6.07) is 20.8. The number of carbonyl (C=O) groups excluding carboxylic acids is 2. The molecular formula is C24H23N3O3. The van der Waals surface area contributed by atoms with Crippen molar-refractivity contribution in [1.82, 2.24) is 14.8 Å². The van der Waals surface area contributed by atoms with Crippen LogP contribution in [0.25, 0.3) is 11.3 Å². The predicted octanol–water partition coefficient (Wildman–Crippen LogP) is 3.24. The molecule has 1 saturated heterocycles. The van der Waals surface area contributed by atoms with Gasteiger partial charge < -0.3 is 14.5 Å². The summed E-state index contributed by atoms with van der Waals surface area (Å²) in [5.41, 5.74) is 3.08. The monoisotopic (exact) mass is 401 g/mol. The lowest BCUT2D eigenvalue weighted by Crippen LogP contribution is -2.51. The van der Waals surface area contributed by atoms with E-state index in [9.17, 15) is 9.59 Å². The zero-order chi connectivity index (χ0) is 20.9. The number of ether oxygens (including phenoxy) is 1. The molecule has 0 radical (unpaired) electrons. The molecule has 6 heteroatoms. The molecule has 2 aromatic carbocycles. The van der Waals surface area contributed by atoms with Gasteiger partial charge in [0, 0.05) is 37.0 Å². The first-order valence-electron chi connectivity index (χ1n) is 9.86. The predicted molar refractivity (Wildman–Crippen MR) is 114 cm³/mol. The molecule has 1 aliphatic rings. The summed E-state index contributed by atoms with van der Waals surface area (Å²) in [7, 11) is 1.59. The zero-order valence-electron chi connectivity index (χ0n) is 16.8. The maximum atomic E-state index is 13.1. The normalized spacial score (nSPS) is 14.0. The molecule has 0 N–H and O–H groups in total. The van der Waals surface area contributed by atoms with E-state index < -0.39 is 0 Å². The summed E-state index contributed by atoms with van der Waals surface area (Å²) in [5.74, 6) is 0.438. The fourth-order valence-corrected chi connectivity index (χ4v) is 3.60. The van der Waals surface area contributed by atoms with E-state index in [1.807, 2.05) is 48.5 Å². The third-order valence-electron chi connectivity index (χ3n) is 5.21. The van der Waals surface area contributed by atoms with E-state index in [1.165, 1.54) is 0 Å². The van der Waals surface area contributed by atoms with Gasteiger partial charge in [0.1, 0.15) is 12.3 Å². The standard InChI is InChI=1S/C24H23N3O3/c1-30-22-11-10-19(15-20(22)21-9-5-6-12-25-21)24(29)27-14-13-26(23(28)17-27)16-18-7-3-2-4-8-18/h2-12,15H,13-14,16-17H2,1H3. The van der Waals surface area contributed by atoms with E-state index in [4.69, 9.17) is 4.74 Å². The molecule has 0 atom stereocenters. The molecule has 4 rings (SSSR count).